The van der Waals surface area contributed by atoms with Crippen LogP contribution in [0.4, 0.5) is 0 Å². The van der Waals surface area contributed by atoms with E-state index in [1.54, 1.807) is 0 Å². The van der Waals surface area contributed by atoms with E-state index in [1.807, 2.05) is 14.1 Å². The van der Waals surface area contributed by atoms with Crippen LogP contribution in [-0.4, -0.2) is 30.1 Å². The zero-order valence-corrected chi connectivity index (χ0v) is 9.68. The Labute approximate surface area is 95.7 Å². The van der Waals surface area contributed by atoms with Crippen LogP contribution < -0.4 is 0 Å². The Morgan fingerprint density at radius 2 is 2.00 bits per heavy atom. The number of nitrogens with zero attached hydrogens (tertiary/aromatic N) is 1. The maximum atomic E-state index is 10.8. The van der Waals surface area contributed by atoms with Gasteiger partial charge in [-0.15, -0.1) is 0 Å². The summed E-state index contributed by atoms with van der Waals surface area (Å²) in [4.78, 5) is 12.9. The second-order valence-corrected chi connectivity index (χ2v) is 4.77. The molecule has 2 rings (SSSR count). The van der Waals surface area contributed by atoms with Gasteiger partial charge in [-0.3, -0.25) is 4.79 Å². The largest absolute Gasteiger partial charge is 0.481 e. The van der Waals surface area contributed by atoms with Gasteiger partial charge in [0, 0.05) is 6.54 Å². The van der Waals surface area contributed by atoms with Crippen LogP contribution in [0.25, 0.3) is 0 Å². The zero-order valence-electron chi connectivity index (χ0n) is 9.68. The van der Waals surface area contributed by atoms with Gasteiger partial charge in [-0.05, 0) is 37.6 Å². The summed E-state index contributed by atoms with van der Waals surface area (Å²) in [6, 6.07) is 8.30. The van der Waals surface area contributed by atoms with Crippen molar-refractivity contribution in [2.45, 2.75) is 18.9 Å². The summed E-state index contributed by atoms with van der Waals surface area (Å²) in [5.41, 5.74) is 2.43. The maximum absolute atomic E-state index is 10.8. The van der Waals surface area contributed by atoms with Crippen molar-refractivity contribution in [2.75, 3.05) is 14.1 Å². The van der Waals surface area contributed by atoms with Crippen LogP contribution in [0, 0.1) is 5.92 Å². The van der Waals surface area contributed by atoms with Crippen molar-refractivity contribution in [3.63, 3.8) is 0 Å². The van der Waals surface area contributed by atoms with Gasteiger partial charge in [0.2, 0.25) is 0 Å². The monoisotopic (exact) mass is 219 g/mol. The molecule has 1 N–H and O–H groups in total. The smallest absolute Gasteiger partial charge is 0.307 e. The molecule has 3 nitrogen and oxygen atoms in total. The van der Waals surface area contributed by atoms with Crippen LogP contribution in [0.15, 0.2) is 24.3 Å². The molecule has 1 saturated carbocycles. The lowest BCUT2D eigenvalue weighted by molar-refractivity contribution is -0.138. The van der Waals surface area contributed by atoms with Crippen LogP contribution in [-0.2, 0) is 11.3 Å². The number of aliphatic carboxylic acids is 1. The van der Waals surface area contributed by atoms with Gasteiger partial charge in [-0.2, -0.15) is 0 Å². The molecule has 1 fully saturated rings. The highest BCUT2D eigenvalue weighted by atomic mass is 16.4. The summed E-state index contributed by atoms with van der Waals surface area (Å²) in [7, 11) is 4.07. The third-order valence-electron chi connectivity index (χ3n) is 3.01. The number of hydrogen-bond acceptors (Lipinski definition) is 2. The third-order valence-corrected chi connectivity index (χ3v) is 3.01. The van der Waals surface area contributed by atoms with E-state index in [0.717, 1.165) is 18.5 Å². The highest BCUT2D eigenvalue weighted by Crippen LogP contribution is 2.47. The highest BCUT2D eigenvalue weighted by molar-refractivity contribution is 5.75. The number of hydrogen-bond donors (Lipinski definition) is 1. The van der Waals surface area contributed by atoms with Gasteiger partial charge >= 0.3 is 5.97 Å². The second kappa shape index (κ2) is 4.26. The van der Waals surface area contributed by atoms with Crippen molar-refractivity contribution in [1.29, 1.82) is 0 Å². The van der Waals surface area contributed by atoms with Crippen molar-refractivity contribution in [3.05, 3.63) is 35.4 Å². The van der Waals surface area contributed by atoms with Crippen molar-refractivity contribution in [3.8, 4) is 0 Å². The number of carboxylic acid groups (broad SMARTS) is 1. The predicted molar refractivity (Wildman–Crippen MR) is 62.3 cm³/mol. The quantitative estimate of drug-likeness (QED) is 0.841. The van der Waals surface area contributed by atoms with Gasteiger partial charge in [0.25, 0.3) is 0 Å². The van der Waals surface area contributed by atoms with Crippen molar-refractivity contribution in [2.24, 2.45) is 5.92 Å². The summed E-state index contributed by atoms with van der Waals surface area (Å²) < 4.78 is 0. The van der Waals surface area contributed by atoms with E-state index in [1.165, 1.54) is 5.56 Å². The summed E-state index contributed by atoms with van der Waals surface area (Å²) in [5.74, 6) is -0.576. The average Bonchev–Trinajstić information content (AvgIpc) is 2.97. The van der Waals surface area contributed by atoms with Crippen LogP contribution >= 0.6 is 0 Å². The molecule has 0 radical (unpaired) electrons. The fraction of sp³-hybridized carbons (Fsp3) is 0.462. The van der Waals surface area contributed by atoms with E-state index in [2.05, 4.69) is 29.2 Å². The zero-order chi connectivity index (χ0) is 11.7. The molecule has 0 amide bonds. The third kappa shape index (κ3) is 2.42. The van der Waals surface area contributed by atoms with Gasteiger partial charge in [0.15, 0.2) is 0 Å². The number of carbonyl (C=O) groups is 1. The number of rotatable bonds is 4. The molecule has 86 valence electrons. The molecule has 0 saturated heterocycles. The number of carboxylic acids is 1. The van der Waals surface area contributed by atoms with Crippen LogP contribution in [0.2, 0.25) is 0 Å². The Kier molecular flexibility index (Phi) is 2.97. The first-order valence-corrected chi connectivity index (χ1v) is 5.54. The van der Waals surface area contributed by atoms with Gasteiger partial charge in [0.1, 0.15) is 0 Å². The summed E-state index contributed by atoms with van der Waals surface area (Å²) in [6.07, 6.45) is 0.794. The first kappa shape index (κ1) is 11.1. The van der Waals surface area contributed by atoms with Crippen molar-refractivity contribution < 1.29 is 9.90 Å². The van der Waals surface area contributed by atoms with Crippen LogP contribution in [0.5, 0.6) is 0 Å². The Hall–Kier alpha value is -1.35. The molecule has 0 bridgehead atoms. The van der Waals surface area contributed by atoms with Crippen LogP contribution in [0.1, 0.15) is 23.5 Å². The molecular weight excluding hydrogens is 202 g/mol. The maximum Gasteiger partial charge on any atom is 0.307 e. The Morgan fingerprint density at radius 1 is 1.38 bits per heavy atom. The SMILES string of the molecule is CN(C)Cc1ccc([C@H]2C[C@@H]2C(=O)O)cc1. The fourth-order valence-electron chi connectivity index (χ4n) is 2.07. The lowest BCUT2D eigenvalue weighted by Crippen LogP contribution is -2.10. The Morgan fingerprint density at radius 3 is 2.44 bits per heavy atom. The Balaban J connectivity index is 2.01. The van der Waals surface area contributed by atoms with E-state index in [-0.39, 0.29) is 11.8 Å². The summed E-state index contributed by atoms with van der Waals surface area (Å²) in [6.45, 7) is 0.924. The first-order chi connectivity index (χ1) is 7.58. The molecule has 0 heterocycles. The van der Waals surface area contributed by atoms with E-state index < -0.39 is 5.97 Å². The molecular formula is C13H17NO2. The standard InChI is InChI=1S/C13H17NO2/c1-14(2)8-9-3-5-10(6-4-9)11-7-12(11)13(15)16/h3-6,11-12H,7-8H2,1-2H3,(H,15,16)/t11-,12+/m1/s1. The molecule has 16 heavy (non-hydrogen) atoms. The molecule has 2 atom stereocenters. The normalized spacial score (nSPS) is 23.4. The molecule has 0 unspecified atom stereocenters. The second-order valence-electron chi connectivity index (χ2n) is 4.77. The fourth-order valence-corrected chi connectivity index (χ4v) is 2.07. The van der Waals surface area contributed by atoms with Crippen molar-refractivity contribution >= 4 is 5.97 Å². The first-order valence-electron chi connectivity index (χ1n) is 5.54. The minimum Gasteiger partial charge on any atom is -0.481 e. The number of benzene rings is 1. The summed E-state index contributed by atoms with van der Waals surface area (Å²) >= 11 is 0. The topological polar surface area (TPSA) is 40.5 Å². The molecule has 3 heteroatoms. The van der Waals surface area contributed by atoms with Crippen molar-refractivity contribution in [1.82, 2.24) is 4.90 Å². The molecule has 1 aromatic carbocycles. The average molecular weight is 219 g/mol. The minimum atomic E-state index is -0.664. The van der Waals surface area contributed by atoms with Gasteiger partial charge in [-0.25, -0.2) is 0 Å². The molecule has 0 spiro atoms. The molecule has 1 aliphatic carbocycles. The molecule has 1 aromatic rings. The van der Waals surface area contributed by atoms with E-state index in [9.17, 15) is 4.79 Å². The van der Waals surface area contributed by atoms with E-state index in [0.29, 0.717) is 0 Å². The van der Waals surface area contributed by atoms with Gasteiger partial charge in [0.05, 0.1) is 5.92 Å². The lowest BCUT2D eigenvalue weighted by atomic mass is 10.1. The van der Waals surface area contributed by atoms with Gasteiger partial charge < -0.3 is 10.0 Å². The van der Waals surface area contributed by atoms with Gasteiger partial charge in [-0.1, -0.05) is 24.3 Å². The molecule has 0 aliphatic heterocycles. The van der Waals surface area contributed by atoms with E-state index >= 15 is 0 Å². The minimum absolute atomic E-state index is 0.153. The summed E-state index contributed by atoms with van der Waals surface area (Å²) in [5, 5.41) is 8.85. The Bertz CT molecular complexity index is 383. The molecule has 1 aliphatic rings. The predicted octanol–water partition coefficient (Wildman–Crippen LogP) is 1.94. The van der Waals surface area contributed by atoms with Crippen LogP contribution in [0.3, 0.4) is 0 Å². The molecule has 0 aromatic heterocycles. The highest BCUT2D eigenvalue weighted by Gasteiger charge is 2.43. The van der Waals surface area contributed by atoms with E-state index in [4.69, 9.17) is 5.11 Å². The lowest BCUT2D eigenvalue weighted by Gasteiger charge is -2.09.